The quantitative estimate of drug-likeness (QED) is 0.420. The van der Waals surface area contributed by atoms with Crippen LogP contribution in [0.1, 0.15) is 48.5 Å². The maximum Gasteiger partial charge on any atom is 0.522 e. The summed E-state index contributed by atoms with van der Waals surface area (Å²) in [4.78, 5) is 12.4. The first kappa shape index (κ1) is 28.4. The van der Waals surface area contributed by atoms with Gasteiger partial charge < -0.3 is 5.32 Å². The Kier molecular flexibility index (Phi) is 9.37. The van der Waals surface area contributed by atoms with Gasteiger partial charge in [-0.1, -0.05) is 36.6 Å². The molecule has 1 amide bonds. The van der Waals surface area contributed by atoms with Crippen molar-refractivity contribution in [1.29, 1.82) is 0 Å². The molecule has 12 heteroatoms. The fourth-order valence-corrected chi connectivity index (χ4v) is 5.81. The van der Waals surface area contributed by atoms with Gasteiger partial charge in [0.15, 0.2) is 0 Å². The Labute approximate surface area is 212 Å². The molecule has 198 valence electrons. The topological polar surface area (TPSA) is 75.7 Å². The number of carbonyl (C=O) groups is 1. The fourth-order valence-electron chi connectivity index (χ4n) is 4.02. The zero-order valence-electron chi connectivity index (χ0n) is 19.5. The largest absolute Gasteiger partial charge is 0.522 e. The molecular formula is C24H27ClF4N2O4S. The lowest BCUT2D eigenvalue weighted by Crippen LogP contribution is -2.46. The van der Waals surface area contributed by atoms with Crippen LogP contribution in [-0.2, 0) is 21.3 Å². The van der Waals surface area contributed by atoms with Crippen LogP contribution < -0.4 is 5.32 Å². The molecule has 0 bridgehead atoms. The Morgan fingerprint density at radius 1 is 1.11 bits per heavy atom. The Balaban J connectivity index is 1.77. The first-order valence-electron chi connectivity index (χ1n) is 11.4. The zero-order chi connectivity index (χ0) is 26.5. The second kappa shape index (κ2) is 11.9. The molecule has 0 spiro atoms. The summed E-state index contributed by atoms with van der Waals surface area (Å²) in [7, 11) is -4.06. The fraction of sp³-hybridized carbons (Fsp3) is 0.458. The summed E-state index contributed by atoms with van der Waals surface area (Å²) in [5.41, 5.74) is 0.695. The summed E-state index contributed by atoms with van der Waals surface area (Å²) in [5.74, 6) is -0.610. The van der Waals surface area contributed by atoms with Crippen molar-refractivity contribution in [1.82, 2.24) is 9.62 Å². The van der Waals surface area contributed by atoms with Crippen LogP contribution in [0.25, 0.3) is 0 Å². The maximum atomic E-state index is 14.9. The van der Waals surface area contributed by atoms with E-state index in [-0.39, 0.29) is 23.4 Å². The first-order chi connectivity index (χ1) is 16.9. The number of nitrogens with zero attached hydrogens (tertiary/aromatic N) is 1. The van der Waals surface area contributed by atoms with Crippen molar-refractivity contribution < 1.29 is 35.5 Å². The lowest BCUT2D eigenvalue weighted by atomic mass is 9.93. The standard InChI is InChI=1S/C24H27ClF4N2O4S/c1-16(15-35-24(27,28)29)30-23(32)18-8-6-17(7-9-18)14-31(22-5-3-2-4-21(22)26)36(33,34)20-12-10-19(25)11-13-20/h6-13,16,21-22H,2-5,14-15H2,1H3,(H,30,32). The van der Waals surface area contributed by atoms with Crippen molar-refractivity contribution >= 4 is 27.5 Å². The summed E-state index contributed by atoms with van der Waals surface area (Å²) in [5, 5.41) is 2.78. The van der Waals surface area contributed by atoms with E-state index in [1.807, 2.05) is 0 Å². The highest BCUT2D eigenvalue weighted by molar-refractivity contribution is 7.89. The molecule has 1 aliphatic rings. The van der Waals surface area contributed by atoms with Gasteiger partial charge in [0, 0.05) is 17.1 Å². The molecule has 0 radical (unpaired) electrons. The van der Waals surface area contributed by atoms with Gasteiger partial charge in [0.1, 0.15) is 6.17 Å². The highest BCUT2D eigenvalue weighted by Crippen LogP contribution is 2.32. The Bertz CT molecular complexity index is 1130. The average Bonchev–Trinajstić information content (AvgIpc) is 2.82. The summed E-state index contributed by atoms with van der Waals surface area (Å²) >= 11 is 5.89. The number of ether oxygens (including phenoxy) is 1. The molecule has 1 N–H and O–H groups in total. The van der Waals surface area contributed by atoms with Crippen molar-refractivity contribution in [2.45, 2.75) is 68.7 Å². The molecule has 3 unspecified atom stereocenters. The number of nitrogens with one attached hydrogen (secondary N) is 1. The third kappa shape index (κ3) is 7.64. The van der Waals surface area contributed by atoms with Gasteiger partial charge in [-0.25, -0.2) is 12.8 Å². The SMILES string of the molecule is CC(COC(F)(F)F)NC(=O)c1ccc(CN(C2CCCCC2F)S(=O)(=O)c2ccc(Cl)cc2)cc1. The number of sulfonamides is 1. The maximum absolute atomic E-state index is 14.9. The minimum Gasteiger partial charge on any atom is -0.347 e. The number of halogens is 5. The van der Waals surface area contributed by atoms with E-state index in [0.29, 0.717) is 29.8 Å². The van der Waals surface area contributed by atoms with Gasteiger partial charge >= 0.3 is 6.36 Å². The second-order valence-electron chi connectivity index (χ2n) is 8.70. The minimum atomic E-state index is -4.80. The van der Waals surface area contributed by atoms with Crippen molar-refractivity contribution in [2.75, 3.05) is 6.61 Å². The summed E-state index contributed by atoms with van der Waals surface area (Å²) in [6.07, 6.45) is -4.07. The number of hydrogen-bond donors (Lipinski definition) is 1. The zero-order valence-corrected chi connectivity index (χ0v) is 21.0. The summed E-state index contributed by atoms with van der Waals surface area (Å²) in [6.45, 7) is 0.513. The normalized spacial score (nSPS) is 19.8. The molecule has 36 heavy (non-hydrogen) atoms. The number of amides is 1. The molecule has 1 saturated carbocycles. The molecule has 6 nitrogen and oxygen atoms in total. The van der Waals surface area contributed by atoms with E-state index in [0.717, 1.165) is 4.31 Å². The van der Waals surface area contributed by atoms with E-state index in [9.17, 15) is 30.8 Å². The van der Waals surface area contributed by atoms with Gasteiger partial charge in [-0.3, -0.25) is 9.53 Å². The van der Waals surface area contributed by atoms with Crippen molar-refractivity contribution in [3.63, 3.8) is 0 Å². The number of rotatable bonds is 9. The van der Waals surface area contributed by atoms with Gasteiger partial charge in [-0.05, 0) is 61.7 Å². The minimum absolute atomic E-state index is 0.00395. The van der Waals surface area contributed by atoms with E-state index in [1.165, 1.54) is 55.5 Å². The highest BCUT2D eigenvalue weighted by atomic mass is 35.5. The van der Waals surface area contributed by atoms with Gasteiger partial charge in [-0.15, -0.1) is 13.2 Å². The van der Waals surface area contributed by atoms with E-state index in [2.05, 4.69) is 10.1 Å². The third-order valence-electron chi connectivity index (χ3n) is 5.87. The van der Waals surface area contributed by atoms with E-state index >= 15 is 0 Å². The van der Waals surface area contributed by atoms with Crippen LogP contribution >= 0.6 is 11.6 Å². The summed E-state index contributed by atoms with van der Waals surface area (Å²) in [6, 6.07) is 9.85. The van der Waals surface area contributed by atoms with Crippen molar-refractivity contribution in [2.24, 2.45) is 0 Å². The van der Waals surface area contributed by atoms with E-state index < -0.39 is 47.2 Å². The van der Waals surface area contributed by atoms with Crippen LogP contribution in [0, 0.1) is 0 Å². The van der Waals surface area contributed by atoms with E-state index in [1.54, 1.807) is 0 Å². The second-order valence-corrected chi connectivity index (χ2v) is 11.0. The van der Waals surface area contributed by atoms with Gasteiger partial charge in [0.2, 0.25) is 10.0 Å². The van der Waals surface area contributed by atoms with Crippen LogP contribution in [-0.4, -0.2) is 49.9 Å². The number of alkyl halides is 4. The molecule has 3 atom stereocenters. The molecule has 0 heterocycles. The molecule has 1 fully saturated rings. The van der Waals surface area contributed by atoms with Crippen LogP contribution in [0.2, 0.25) is 5.02 Å². The number of benzene rings is 2. The molecule has 3 rings (SSSR count). The molecular weight excluding hydrogens is 524 g/mol. The van der Waals surface area contributed by atoms with Gasteiger partial charge in [0.05, 0.1) is 23.6 Å². The lowest BCUT2D eigenvalue weighted by Gasteiger charge is -2.35. The predicted octanol–water partition coefficient (Wildman–Crippen LogP) is 5.47. The third-order valence-corrected chi connectivity index (χ3v) is 8.00. The number of hydrogen-bond acceptors (Lipinski definition) is 4. The van der Waals surface area contributed by atoms with Gasteiger partial charge in [0.25, 0.3) is 5.91 Å². The van der Waals surface area contributed by atoms with Gasteiger partial charge in [-0.2, -0.15) is 4.31 Å². The van der Waals surface area contributed by atoms with Crippen LogP contribution in [0.5, 0.6) is 0 Å². The molecule has 1 aliphatic carbocycles. The lowest BCUT2D eigenvalue weighted by molar-refractivity contribution is -0.325. The first-order valence-corrected chi connectivity index (χ1v) is 13.2. The Morgan fingerprint density at radius 3 is 2.31 bits per heavy atom. The molecule has 0 aliphatic heterocycles. The molecule has 0 saturated heterocycles. The smallest absolute Gasteiger partial charge is 0.347 e. The molecule has 2 aromatic carbocycles. The van der Waals surface area contributed by atoms with Crippen LogP contribution in [0.4, 0.5) is 17.6 Å². The number of carbonyl (C=O) groups excluding carboxylic acids is 1. The monoisotopic (exact) mass is 550 g/mol. The van der Waals surface area contributed by atoms with Crippen molar-refractivity contribution in [3.05, 3.63) is 64.7 Å². The van der Waals surface area contributed by atoms with Crippen LogP contribution in [0.15, 0.2) is 53.4 Å². The van der Waals surface area contributed by atoms with Crippen LogP contribution in [0.3, 0.4) is 0 Å². The summed E-state index contributed by atoms with van der Waals surface area (Å²) < 4.78 is 83.3. The Hall–Kier alpha value is -2.21. The predicted molar refractivity (Wildman–Crippen MR) is 127 cm³/mol. The van der Waals surface area contributed by atoms with E-state index in [4.69, 9.17) is 11.6 Å². The Morgan fingerprint density at radius 2 is 1.72 bits per heavy atom. The molecule has 0 aromatic heterocycles. The molecule has 2 aromatic rings. The van der Waals surface area contributed by atoms with Crippen molar-refractivity contribution in [3.8, 4) is 0 Å². The highest BCUT2D eigenvalue weighted by Gasteiger charge is 2.38. The average molecular weight is 551 g/mol.